The lowest BCUT2D eigenvalue weighted by atomic mass is 9.99. The van der Waals surface area contributed by atoms with Crippen molar-refractivity contribution in [3.63, 3.8) is 0 Å². The topological polar surface area (TPSA) is 94.9 Å². The van der Waals surface area contributed by atoms with Gasteiger partial charge in [0.1, 0.15) is 0 Å². The van der Waals surface area contributed by atoms with Crippen LogP contribution in [0.15, 0.2) is 24.5 Å². The second kappa shape index (κ2) is 7.45. The molecule has 0 bridgehead atoms. The second-order valence-electron chi connectivity index (χ2n) is 6.25. The number of aromatic nitrogens is 3. The highest BCUT2D eigenvalue weighted by Gasteiger charge is 2.31. The molecule has 0 saturated carbocycles. The predicted octanol–water partition coefficient (Wildman–Crippen LogP) is 2.38. The minimum atomic E-state index is -0.169. The number of pyridine rings is 1. The number of rotatable bonds is 5. The summed E-state index contributed by atoms with van der Waals surface area (Å²) >= 11 is 0. The quantitative estimate of drug-likeness (QED) is 0.902. The van der Waals surface area contributed by atoms with E-state index in [4.69, 9.17) is 10.00 Å². The summed E-state index contributed by atoms with van der Waals surface area (Å²) in [6.07, 6.45) is 4.27. The number of nitrogens with one attached hydrogen (secondary N) is 1. The van der Waals surface area contributed by atoms with E-state index in [1.54, 1.807) is 17.3 Å². The van der Waals surface area contributed by atoms with Crippen molar-refractivity contribution in [2.45, 2.75) is 45.4 Å². The van der Waals surface area contributed by atoms with Crippen molar-refractivity contribution in [1.82, 2.24) is 20.1 Å². The molecule has 1 N–H and O–H groups in total. The number of carbonyl (C=O) groups is 1. The Balaban J connectivity index is 1.87. The van der Waals surface area contributed by atoms with Gasteiger partial charge in [-0.15, -0.1) is 0 Å². The summed E-state index contributed by atoms with van der Waals surface area (Å²) in [6.45, 7) is 4.69. The highest BCUT2D eigenvalue weighted by molar-refractivity contribution is 5.94. The minimum Gasteiger partial charge on any atom is -0.369 e. The molecule has 0 aromatic carbocycles. The number of fused-ring (bicyclic) bond motifs is 1. The molecule has 0 unspecified atom stereocenters. The SMILES string of the molecule is C[C@@H]1Cc2c(C(=O)N(CCC#N)Cc3cccnc3)n[nH]c2[C@H](C)O1. The molecule has 25 heavy (non-hydrogen) atoms. The van der Waals surface area contributed by atoms with Crippen molar-refractivity contribution in [2.24, 2.45) is 0 Å². The van der Waals surface area contributed by atoms with E-state index in [1.807, 2.05) is 26.0 Å². The zero-order chi connectivity index (χ0) is 17.8. The van der Waals surface area contributed by atoms with E-state index >= 15 is 0 Å². The van der Waals surface area contributed by atoms with Crippen LogP contribution in [-0.4, -0.2) is 38.6 Å². The molecule has 1 aliphatic heterocycles. The Morgan fingerprint density at radius 1 is 1.52 bits per heavy atom. The molecule has 130 valence electrons. The molecule has 7 heteroatoms. The molecule has 3 heterocycles. The molecule has 0 saturated heterocycles. The maximum Gasteiger partial charge on any atom is 0.274 e. The molecule has 0 aliphatic carbocycles. The third-order valence-electron chi connectivity index (χ3n) is 4.31. The van der Waals surface area contributed by atoms with Crippen molar-refractivity contribution in [1.29, 1.82) is 5.26 Å². The predicted molar refractivity (Wildman–Crippen MR) is 90.5 cm³/mol. The van der Waals surface area contributed by atoms with Crippen LogP contribution in [-0.2, 0) is 17.7 Å². The largest absolute Gasteiger partial charge is 0.369 e. The number of hydrogen-bond donors (Lipinski definition) is 1. The van der Waals surface area contributed by atoms with Crippen molar-refractivity contribution in [3.8, 4) is 6.07 Å². The van der Waals surface area contributed by atoms with E-state index in [1.165, 1.54) is 0 Å². The number of H-pyrrole nitrogens is 1. The summed E-state index contributed by atoms with van der Waals surface area (Å²) in [7, 11) is 0. The molecule has 7 nitrogen and oxygen atoms in total. The fraction of sp³-hybridized carbons (Fsp3) is 0.444. The van der Waals surface area contributed by atoms with Gasteiger partial charge in [0, 0.05) is 37.5 Å². The van der Waals surface area contributed by atoms with Gasteiger partial charge in [0.05, 0.1) is 30.4 Å². The van der Waals surface area contributed by atoms with Crippen LogP contribution in [0.5, 0.6) is 0 Å². The molecule has 1 aliphatic rings. The van der Waals surface area contributed by atoms with Crippen molar-refractivity contribution in [2.75, 3.05) is 6.54 Å². The molecular weight excluding hydrogens is 318 g/mol. The van der Waals surface area contributed by atoms with Gasteiger partial charge in [-0.3, -0.25) is 14.9 Å². The van der Waals surface area contributed by atoms with E-state index in [-0.39, 0.29) is 24.5 Å². The number of hydrogen-bond acceptors (Lipinski definition) is 5. The lowest BCUT2D eigenvalue weighted by molar-refractivity contribution is -0.00702. The Bertz CT molecular complexity index is 781. The van der Waals surface area contributed by atoms with Crippen LogP contribution in [0.25, 0.3) is 0 Å². The molecule has 3 rings (SSSR count). The molecule has 1 amide bonds. The van der Waals surface area contributed by atoms with Crippen molar-refractivity contribution < 1.29 is 9.53 Å². The van der Waals surface area contributed by atoms with Crippen molar-refractivity contribution >= 4 is 5.91 Å². The Hall–Kier alpha value is -2.72. The highest BCUT2D eigenvalue weighted by Crippen LogP contribution is 2.30. The zero-order valence-corrected chi connectivity index (χ0v) is 14.4. The Labute approximate surface area is 146 Å². The molecular formula is C18H21N5O2. The van der Waals surface area contributed by atoms with E-state index in [2.05, 4.69) is 21.3 Å². The van der Waals surface area contributed by atoms with Crippen LogP contribution < -0.4 is 0 Å². The first kappa shape index (κ1) is 17.1. The third-order valence-corrected chi connectivity index (χ3v) is 4.31. The number of aromatic amines is 1. The molecule has 2 aromatic rings. The van der Waals surface area contributed by atoms with E-state index in [0.29, 0.717) is 25.2 Å². The molecule has 0 spiro atoms. The monoisotopic (exact) mass is 339 g/mol. The summed E-state index contributed by atoms with van der Waals surface area (Å²) < 4.78 is 5.78. The Morgan fingerprint density at radius 3 is 3.08 bits per heavy atom. The standard InChI is InChI=1S/C18H21N5O2/c1-12-9-15-16(13(2)25-12)21-22-17(15)18(24)23(8-4-6-19)11-14-5-3-7-20-10-14/h3,5,7,10,12-13H,4,8-9,11H2,1-2H3,(H,21,22)/t12-,13+/m1/s1. The normalized spacial score (nSPS) is 19.1. The number of ether oxygens (including phenoxy) is 1. The van der Waals surface area contributed by atoms with E-state index in [9.17, 15) is 4.79 Å². The molecule has 2 aromatic heterocycles. The lowest BCUT2D eigenvalue weighted by Gasteiger charge is -2.26. The minimum absolute atomic E-state index is 0.0394. The number of nitrogens with zero attached hydrogens (tertiary/aromatic N) is 4. The summed E-state index contributed by atoms with van der Waals surface area (Å²) in [6, 6.07) is 5.85. The summed E-state index contributed by atoms with van der Waals surface area (Å²) in [5.41, 5.74) is 3.13. The first-order valence-electron chi connectivity index (χ1n) is 8.38. The van der Waals surface area contributed by atoms with Crippen LogP contribution in [0.4, 0.5) is 0 Å². The summed E-state index contributed by atoms with van der Waals surface area (Å²) in [5, 5.41) is 16.1. The molecule has 0 fully saturated rings. The fourth-order valence-corrected chi connectivity index (χ4v) is 3.15. The van der Waals surface area contributed by atoms with Gasteiger partial charge in [-0.1, -0.05) is 6.07 Å². The number of amides is 1. The van der Waals surface area contributed by atoms with Crippen LogP contribution >= 0.6 is 0 Å². The average molecular weight is 339 g/mol. The second-order valence-corrected chi connectivity index (χ2v) is 6.25. The van der Waals surface area contributed by atoms with Crippen LogP contribution in [0.3, 0.4) is 0 Å². The van der Waals surface area contributed by atoms with Crippen LogP contribution in [0, 0.1) is 11.3 Å². The Morgan fingerprint density at radius 2 is 2.36 bits per heavy atom. The smallest absolute Gasteiger partial charge is 0.274 e. The van der Waals surface area contributed by atoms with Crippen molar-refractivity contribution in [3.05, 3.63) is 47.0 Å². The zero-order valence-electron chi connectivity index (χ0n) is 14.4. The van der Waals surface area contributed by atoms with Crippen LogP contribution in [0.2, 0.25) is 0 Å². The van der Waals surface area contributed by atoms with Gasteiger partial charge >= 0.3 is 0 Å². The fourth-order valence-electron chi connectivity index (χ4n) is 3.15. The van der Waals surface area contributed by atoms with E-state index < -0.39 is 0 Å². The Kier molecular flexibility index (Phi) is 5.10. The lowest BCUT2D eigenvalue weighted by Crippen LogP contribution is -2.33. The molecule has 2 atom stereocenters. The number of carbonyl (C=O) groups excluding carboxylic acids is 1. The van der Waals surface area contributed by atoms with Gasteiger partial charge < -0.3 is 9.64 Å². The number of nitriles is 1. The summed E-state index contributed by atoms with van der Waals surface area (Å²) in [4.78, 5) is 18.8. The van der Waals surface area contributed by atoms with E-state index in [0.717, 1.165) is 16.8 Å². The highest BCUT2D eigenvalue weighted by atomic mass is 16.5. The summed E-state index contributed by atoms with van der Waals surface area (Å²) in [5.74, 6) is -0.169. The van der Waals surface area contributed by atoms with Gasteiger partial charge in [-0.25, -0.2) is 0 Å². The van der Waals surface area contributed by atoms with Gasteiger partial charge in [-0.2, -0.15) is 10.4 Å². The first-order chi connectivity index (χ1) is 12.1. The maximum atomic E-state index is 13.1. The van der Waals surface area contributed by atoms with Crippen LogP contribution in [0.1, 0.15) is 53.7 Å². The van der Waals surface area contributed by atoms with Gasteiger partial charge in [0.15, 0.2) is 5.69 Å². The first-order valence-corrected chi connectivity index (χ1v) is 8.38. The average Bonchev–Trinajstić information content (AvgIpc) is 3.03. The maximum absolute atomic E-state index is 13.1. The van der Waals surface area contributed by atoms with Gasteiger partial charge in [0.25, 0.3) is 5.91 Å². The van der Waals surface area contributed by atoms with Gasteiger partial charge in [0.2, 0.25) is 0 Å². The molecule has 0 radical (unpaired) electrons. The van der Waals surface area contributed by atoms with Gasteiger partial charge in [-0.05, 0) is 25.5 Å². The third kappa shape index (κ3) is 3.69.